The predicted molar refractivity (Wildman–Crippen MR) is 94.2 cm³/mol. The molecule has 130 valence electrons. The molecular weight excluding hydrogens is 318 g/mol. The number of carboxylic acids is 1. The highest BCUT2D eigenvalue weighted by Gasteiger charge is 2.25. The Morgan fingerprint density at radius 1 is 1.04 bits per heavy atom. The van der Waals surface area contributed by atoms with Gasteiger partial charge in [0.25, 0.3) is 0 Å². The molecule has 25 heavy (non-hydrogen) atoms. The van der Waals surface area contributed by atoms with E-state index in [2.05, 4.69) is 12.1 Å². The van der Waals surface area contributed by atoms with Crippen molar-refractivity contribution in [3.05, 3.63) is 60.2 Å². The molecule has 2 aromatic carbocycles. The number of benzene rings is 2. The van der Waals surface area contributed by atoms with Gasteiger partial charge in [0.15, 0.2) is 0 Å². The van der Waals surface area contributed by atoms with Crippen LogP contribution in [0.1, 0.15) is 12.0 Å². The lowest BCUT2D eigenvalue weighted by Gasteiger charge is -2.32. The normalized spacial score (nSPS) is 17.3. The Labute approximate surface area is 146 Å². The quantitative estimate of drug-likeness (QED) is 0.909. The zero-order chi connectivity index (χ0) is 17.6. The van der Waals surface area contributed by atoms with E-state index in [4.69, 9.17) is 9.84 Å². The third-order valence-corrected chi connectivity index (χ3v) is 4.31. The van der Waals surface area contributed by atoms with E-state index in [-0.39, 0.29) is 12.3 Å². The molecule has 0 saturated carbocycles. The number of rotatable bonds is 5. The summed E-state index contributed by atoms with van der Waals surface area (Å²) in [6.07, 6.45) is -0.180. The van der Waals surface area contributed by atoms with Crippen molar-refractivity contribution in [1.29, 1.82) is 0 Å². The number of hydrogen-bond acceptors (Lipinski definition) is 3. The van der Waals surface area contributed by atoms with Crippen molar-refractivity contribution in [2.75, 3.05) is 19.7 Å². The minimum Gasteiger partial charge on any atom is -0.481 e. The largest absolute Gasteiger partial charge is 0.481 e. The zero-order valence-electron chi connectivity index (χ0n) is 13.9. The summed E-state index contributed by atoms with van der Waals surface area (Å²) in [6.45, 7) is 1.24. The van der Waals surface area contributed by atoms with Gasteiger partial charge >= 0.3 is 5.97 Å². The summed E-state index contributed by atoms with van der Waals surface area (Å²) in [5, 5.41) is 8.86. The van der Waals surface area contributed by atoms with Crippen LogP contribution in [-0.2, 0) is 20.7 Å². The smallest absolute Gasteiger partial charge is 0.306 e. The first-order valence-electron chi connectivity index (χ1n) is 8.37. The van der Waals surface area contributed by atoms with Gasteiger partial charge < -0.3 is 14.7 Å². The van der Waals surface area contributed by atoms with Crippen LogP contribution in [0.25, 0.3) is 11.1 Å². The van der Waals surface area contributed by atoms with Gasteiger partial charge in [0.05, 0.1) is 25.6 Å². The van der Waals surface area contributed by atoms with Crippen LogP contribution in [-0.4, -0.2) is 47.7 Å². The first kappa shape index (κ1) is 17.2. The van der Waals surface area contributed by atoms with Gasteiger partial charge in [-0.25, -0.2) is 0 Å². The fourth-order valence-corrected chi connectivity index (χ4v) is 3.00. The minimum atomic E-state index is -0.907. The monoisotopic (exact) mass is 339 g/mol. The van der Waals surface area contributed by atoms with Gasteiger partial charge in [-0.15, -0.1) is 0 Å². The van der Waals surface area contributed by atoms with Crippen molar-refractivity contribution < 1.29 is 19.4 Å². The maximum absolute atomic E-state index is 12.5. The highest BCUT2D eigenvalue weighted by molar-refractivity contribution is 5.79. The van der Waals surface area contributed by atoms with E-state index >= 15 is 0 Å². The van der Waals surface area contributed by atoms with Crippen molar-refractivity contribution in [1.82, 2.24) is 4.90 Å². The third kappa shape index (κ3) is 4.67. The van der Waals surface area contributed by atoms with E-state index in [0.29, 0.717) is 26.1 Å². The lowest BCUT2D eigenvalue weighted by Crippen LogP contribution is -2.46. The summed E-state index contributed by atoms with van der Waals surface area (Å²) in [4.78, 5) is 25.0. The Bertz CT molecular complexity index is 727. The van der Waals surface area contributed by atoms with Crippen LogP contribution in [0.5, 0.6) is 0 Å². The summed E-state index contributed by atoms with van der Waals surface area (Å²) in [5.74, 6) is -0.901. The molecule has 1 atom stereocenters. The zero-order valence-corrected chi connectivity index (χ0v) is 13.9. The van der Waals surface area contributed by atoms with Crippen LogP contribution >= 0.6 is 0 Å². The van der Waals surface area contributed by atoms with Crippen LogP contribution in [0, 0.1) is 0 Å². The molecule has 0 spiro atoms. The summed E-state index contributed by atoms with van der Waals surface area (Å²) in [6, 6.07) is 18.1. The SMILES string of the molecule is O=C(O)C[C@@H]1CN(C(=O)Cc2ccc(-c3ccccc3)cc2)CCO1. The van der Waals surface area contributed by atoms with Gasteiger partial charge in [0.2, 0.25) is 5.91 Å². The molecule has 5 nitrogen and oxygen atoms in total. The molecule has 1 heterocycles. The van der Waals surface area contributed by atoms with E-state index in [9.17, 15) is 9.59 Å². The standard InChI is InChI=1S/C20H21NO4/c22-19(21-10-11-25-18(14-21)13-20(23)24)12-15-6-8-17(9-7-15)16-4-2-1-3-5-16/h1-9,18H,10-14H2,(H,23,24)/t18-/m1/s1. The Hall–Kier alpha value is -2.66. The minimum absolute atomic E-state index is 0.00569. The second-order valence-electron chi connectivity index (χ2n) is 6.17. The van der Waals surface area contributed by atoms with E-state index in [1.54, 1.807) is 4.90 Å². The molecule has 0 unspecified atom stereocenters. The summed E-state index contributed by atoms with van der Waals surface area (Å²) >= 11 is 0. The molecule has 1 aliphatic heterocycles. The van der Waals surface area contributed by atoms with Crippen molar-refractivity contribution in [2.45, 2.75) is 18.9 Å². The van der Waals surface area contributed by atoms with Crippen molar-refractivity contribution >= 4 is 11.9 Å². The molecule has 5 heteroatoms. The number of ether oxygens (including phenoxy) is 1. The average molecular weight is 339 g/mol. The van der Waals surface area contributed by atoms with Crippen LogP contribution in [0.3, 0.4) is 0 Å². The Balaban J connectivity index is 1.60. The van der Waals surface area contributed by atoms with Gasteiger partial charge in [-0.05, 0) is 16.7 Å². The number of carboxylic acid groups (broad SMARTS) is 1. The average Bonchev–Trinajstić information content (AvgIpc) is 2.63. The lowest BCUT2D eigenvalue weighted by molar-refractivity contribution is -0.147. The fourth-order valence-electron chi connectivity index (χ4n) is 3.00. The molecule has 1 aliphatic rings. The summed E-state index contributed by atoms with van der Waals surface area (Å²) in [7, 11) is 0. The number of aliphatic carboxylic acids is 1. The topological polar surface area (TPSA) is 66.8 Å². The van der Waals surface area contributed by atoms with E-state index in [1.165, 1.54) is 0 Å². The molecule has 1 amide bonds. The third-order valence-electron chi connectivity index (χ3n) is 4.31. The number of morpholine rings is 1. The molecular formula is C20H21NO4. The highest BCUT2D eigenvalue weighted by atomic mass is 16.5. The van der Waals surface area contributed by atoms with Gasteiger partial charge in [-0.1, -0.05) is 54.6 Å². The molecule has 1 N–H and O–H groups in total. The van der Waals surface area contributed by atoms with Crippen molar-refractivity contribution in [3.8, 4) is 11.1 Å². The molecule has 0 aliphatic carbocycles. The van der Waals surface area contributed by atoms with Crippen molar-refractivity contribution in [2.24, 2.45) is 0 Å². The Morgan fingerprint density at radius 2 is 1.72 bits per heavy atom. The first-order chi connectivity index (χ1) is 12.1. The lowest BCUT2D eigenvalue weighted by atomic mass is 10.0. The number of carbonyl (C=O) groups is 2. The molecule has 1 fully saturated rings. The second kappa shape index (κ2) is 7.94. The van der Waals surface area contributed by atoms with E-state index in [1.807, 2.05) is 42.5 Å². The molecule has 0 bridgehead atoms. The van der Waals surface area contributed by atoms with Crippen LogP contribution in [0.15, 0.2) is 54.6 Å². The highest BCUT2D eigenvalue weighted by Crippen LogP contribution is 2.20. The first-order valence-corrected chi connectivity index (χ1v) is 8.37. The fraction of sp³-hybridized carbons (Fsp3) is 0.300. The van der Waals surface area contributed by atoms with E-state index < -0.39 is 12.1 Å². The van der Waals surface area contributed by atoms with Crippen LogP contribution < -0.4 is 0 Å². The molecule has 2 aromatic rings. The number of amides is 1. The molecule has 1 saturated heterocycles. The van der Waals surface area contributed by atoms with Crippen LogP contribution in [0.4, 0.5) is 0 Å². The predicted octanol–water partition coefficient (Wildman–Crippen LogP) is 2.60. The number of carbonyl (C=O) groups excluding carboxylic acids is 1. The number of hydrogen-bond donors (Lipinski definition) is 1. The van der Waals surface area contributed by atoms with Crippen LogP contribution in [0.2, 0.25) is 0 Å². The van der Waals surface area contributed by atoms with Gasteiger partial charge in [-0.2, -0.15) is 0 Å². The van der Waals surface area contributed by atoms with Gasteiger partial charge in [0, 0.05) is 13.1 Å². The molecule has 0 aromatic heterocycles. The maximum atomic E-state index is 12.5. The summed E-state index contributed by atoms with van der Waals surface area (Å²) < 4.78 is 5.41. The van der Waals surface area contributed by atoms with Gasteiger partial charge in [0.1, 0.15) is 0 Å². The summed E-state index contributed by atoms with van der Waals surface area (Å²) in [5.41, 5.74) is 3.21. The number of nitrogens with zero attached hydrogens (tertiary/aromatic N) is 1. The molecule has 3 rings (SSSR count). The molecule has 0 radical (unpaired) electrons. The maximum Gasteiger partial charge on any atom is 0.306 e. The second-order valence-corrected chi connectivity index (χ2v) is 6.17. The van der Waals surface area contributed by atoms with Gasteiger partial charge in [-0.3, -0.25) is 9.59 Å². The Kier molecular flexibility index (Phi) is 5.46. The van der Waals surface area contributed by atoms with E-state index in [0.717, 1.165) is 16.7 Å². The Morgan fingerprint density at radius 3 is 2.40 bits per heavy atom. The van der Waals surface area contributed by atoms with Crippen molar-refractivity contribution in [3.63, 3.8) is 0 Å².